The Kier molecular flexibility index (Phi) is 4.40. The van der Waals surface area contributed by atoms with Crippen LogP contribution in [-0.2, 0) is 13.5 Å². The zero-order valence-corrected chi connectivity index (χ0v) is 13.9. The van der Waals surface area contributed by atoms with Crippen molar-refractivity contribution in [1.82, 2.24) is 19.9 Å². The van der Waals surface area contributed by atoms with Gasteiger partial charge in [0, 0.05) is 18.8 Å². The summed E-state index contributed by atoms with van der Waals surface area (Å²) in [4.78, 5) is 21.3. The molecule has 7 heteroatoms. The molecule has 1 amide bonds. The number of carbonyl (C=O) groups excluding carboxylic acids is 1. The summed E-state index contributed by atoms with van der Waals surface area (Å²) in [6.07, 6.45) is 0.693. The van der Waals surface area contributed by atoms with Gasteiger partial charge in [-0.25, -0.2) is 9.97 Å². The molecule has 6 nitrogen and oxygen atoms in total. The molecule has 0 radical (unpaired) electrons. The van der Waals surface area contributed by atoms with E-state index < -0.39 is 0 Å². The summed E-state index contributed by atoms with van der Waals surface area (Å²) in [5, 5.41) is 5.61. The first-order valence-corrected chi connectivity index (χ1v) is 8.34. The summed E-state index contributed by atoms with van der Waals surface area (Å²) in [5.41, 5.74) is 7.91. The molecule has 120 valence electrons. The maximum atomic E-state index is 12.3. The molecule has 0 aliphatic carbocycles. The van der Waals surface area contributed by atoms with Crippen LogP contribution < -0.4 is 11.1 Å². The van der Waals surface area contributed by atoms with E-state index in [1.165, 1.54) is 11.3 Å². The van der Waals surface area contributed by atoms with Crippen molar-refractivity contribution in [2.24, 2.45) is 12.8 Å². The Bertz CT molecular complexity index is 838. The van der Waals surface area contributed by atoms with Crippen molar-refractivity contribution >= 4 is 28.3 Å². The van der Waals surface area contributed by atoms with Crippen molar-refractivity contribution in [2.45, 2.75) is 19.4 Å². The van der Waals surface area contributed by atoms with E-state index >= 15 is 0 Å². The maximum absolute atomic E-state index is 12.3. The minimum absolute atomic E-state index is 0.191. The molecule has 1 aromatic carbocycles. The number of benzene rings is 1. The van der Waals surface area contributed by atoms with E-state index in [0.717, 1.165) is 21.9 Å². The van der Waals surface area contributed by atoms with Gasteiger partial charge in [-0.2, -0.15) is 0 Å². The average Bonchev–Trinajstić information content (AvgIpc) is 3.13. The van der Waals surface area contributed by atoms with Crippen LogP contribution in [0.2, 0.25) is 0 Å². The monoisotopic (exact) mass is 329 g/mol. The fraction of sp³-hybridized carbons (Fsp3) is 0.312. The van der Waals surface area contributed by atoms with Gasteiger partial charge in [0.15, 0.2) is 0 Å². The van der Waals surface area contributed by atoms with Crippen molar-refractivity contribution in [1.29, 1.82) is 0 Å². The third-order valence-corrected chi connectivity index (χ3v) is 4.61. The predicted octanol–water partition coefficient (Wildman–Crippen LogP) is 2.02. The summed E-state index contributed by atoms with van der Waals surface area (Å²) in [7, 11) is 1.95. The molecule has 1 atom stereocenters. The number of aryl methyl sites for hydroxylation is 1. The van der Waals surface area contributed by atoms with Crippen LogP contribution in [-0.4, -0.2) is 27.0 Å². The molecule has 3 rings (SSSR count). The van der Waals surface area contributed by atoms with Crippen molar-refractivity contribution < 1.29 is 4.79 Å². The first-order chi connectivity index (χ1) is 11.1. The fourth-order valence-electron chi connectivity index (χ4n) is 2.54. The standard InChI is InChI=1S/C16H19N5OS/c1-10(15-20-11-5-3-4-6-13(11)21(15)2)18-16(22)12-9-23-14(19-12)7-8-17/h3-6,9-10H,7-8,17H2,1-2H3,(H,18,22). The molecule has 23 heavy (non-hydrogen) atoms. The summed E-state index contributed by atoms with van der Waals surface area (Å²) in [5.74, 6) is 0.626. The number of para-hydroxylation sites is 2. The second kappa shape index (κ2) is 6.47. The van der Waals surface area contributed by atoms with E-state index in [1.54, 1.807) is 5.38 Å². The number of nitrogens with zero attached hydrogens (tertiary/aromatic N) is 3. The van der Waals surface area contributed by atoms with Crippen LogP contribution in [0.4, 0.5) is 0 Å². The number of hydrogen-bond donors (Lipinski definition) is 2. The maximum Gasteiger partial charge on any atom is 0.271 e. The Labute approximate surface area is 138 Å². The Morgan fingerprint density at radius 2 is 2.17 bits per heavy atom. The van der Waals surface area contributed by atoms with Crippen molar-refractivity contribution in [3.05, 3.63) is 46.2 Å². The van der Waals surface area contributed by atoms with Gasteiger partial charge in [0.25, 0.3) is 5.91 Å². The van der Waals surface area contributed by atoms with Crippen molar-refractivity contribution in [3.8, 4) is 0 Å². The van der Waals surface area contributed by atoms with Crippen LogP contribution in [0.25, 0.3) is 11.0 Å². The first-order valence-electron chi connectivity index (χ1n) is 7.47. The van der Waals surface area contributed by atoms with Crippen LogP contribution in [0.5, 0.6) is 0 Å². The smallest absolute Gasteiger partial charge is 0.271 e. The zero-order chi connectivity index (χ0) is 16.4. The lowest BCUT2D eigenvalue weighted by atomic mass is 10.3. The average molecular weight is 329 g/mol. The minimum Gasteiger partial charge on any atom is -0.341 e. The van der Waals surface area contributed by atoms with Crippen LogP contribution in [0.15, 0.2) is 29.6 Å². The van der Waals surface area contributed by atoms with E-state index in [1.807, 2.05) is 42.8 Å². The largest absolute Gasteiger partial charge is 0.341 e. The summed E-state index contributed by atoms with van der Waals surface area (Å²) in [6.45, 7) is 2.46. The number of imidazole rings is 1. The lowest BCUT2D eigenvalue weighted by molar-refractivity contribution is 0.0933. The quantitative estimate of drug-likeness (QED) is 0.750. The molecule has 0 saturated heterocycles. The Balaban J connectivity index is 1.78. The third kappa shape index (κ3) is 3.11. The number of nitrogens with one attached hydrogen (secondary N) is 1. The Hall–Kier alpha value is -2.25. The van der Waals surface area contributed by atoms with Gasteiger partial charge in [-0.3, -0.25) is 4.79 Å². The predicted molar refractivity (Wildman–Crippen MR) is 91.5 cm³/mol. The number of rotatable bonds is 5. The van der Waals surface area contributed by atoms with Crippen LogP contribution in [0, 0.1) is 0 Å². The van der Waals surface area contributed by atoms with Gasteiger partial charge in [0.1, 0.15) is 11.5 Å². The minimum atomic E-state index is -0.209. The summed E-state index contributed by atoms with van der Waals surface area (Å²) >= 11 is 1.46. The molecule has 0 saturated carbocycles. The zero-order valence-electron chi connectivity index (χ0n) is 13.1. The molecular formula is C16H19N5OS. The number of aromatic nitrogens is 3. The van der Waals surface area contributed by atoms with Crippen molar-refractivity contribution in [2.75, 3.05) is 6.54 Å². The van der Waals surface area contributed by atoms with Gasteiger partial charge in [-0.15, -0.1) is 11.3 Å². The van der Waals surface area contributed by atoms with E-state index in [0.29, 0.717) is 18.7 Å². The highest BCUT2D eigenvalue weighted by Crippen LogP contribution is 2.19. The second-order valence-electron chi connectivity index (χ2n) is 5.38. The number of carbonyl (C=O) groups is 1. The van der Waals surface area contributed by atoms with Crippen molar-refractivity contribution in [3.63, 3.8) is 0 Å². The van der Waals surface area contributed by atoms with Gasteiger partial charge >= 0.3 is 0 Å². The topological polar surface area (TPSA) is 85.8 Å². The third-order valence-electron chi connectivity index (χ3n) is 3.70. The molecule has 1 unspecified atom stereocenters. The van der Waals surface area contributed by atoms with Crippen LogP contribution in [0.1, 0.15) is 34.3 Å². The highest BCUT2D eigenvalue weighted by atomic mass is 32.1. The van der Waals surface area contributed by atoms with Crippen LogP contribution in [0.3, 0.4) is 0 Å². The Morgan fingerprint density at radius 3 is 2.91 bits per heavy atom. The molecule has 0 aliphatic rings. The highest BCUT2D eigenvalue weighted by Gasteiger charge is 2.18. The lowest BCUT2D eigenvalue weighted by Gasteiger charge is -2.13. The first kappa shape index (κ1) is 15.6. The number of nitrogens with two attached hydrogens (primary N) is 1. The second-order valence-corrected chi connectivity index (χ2v) is 6.32. The SMILES string of the molecule is CC(NC(=O)c1csc(CCN)n1)c1nc2ccccc2n1C. The molecule has 0 bridgehead atoms. The van der Waals surface area contributed by atoms with E-state index in [2.05, 4.69) is 15.3 Å². The molecule has 2 aromatic heterocycles. The van der Waals surface area contributed by atoms with Gasteiger partial charge in [0.2, 0.25) is 0 Å². The normalized spacial score (nSPS) is 12.5. The molecule has 0 spiro atoms. The number of thiazole rings is 1. The summed E-state index contributed by atoms with van der Waals surface area (Å²) in [6, 6.07) is 7.70. The molecule has 3 aromatic rings. The number of fused-ring (bicyclic) bond motifs is 1. The summed E-state index contributed by atoms with van der Waals surface area (Å²) < 4.78 is 2.00. The number of hydrogen-bond acceptors (Lipinski definition) is 5. The van der Waals surface area contributed by atoms with Gasteiger partial charge in [0.05, 0.1) is 22.1 Å². The van der Waals surface area contributed by atoms with E-state index in [4.69, 9.17) is 5.73 Å². The molecule has 0 fully saturated rings. The molecule has 3 N–H and O–H groups in total. The molecular weight excluding hydrogens is 310 g/mol. The Morgan fingerprint density at radius 1 is 1.39 bits per heavy atom. The molecule has 2 heterocycles. The van der Waals surface area contributed by atoms with Gasteiger partial charge in [-0.05, 0) is 25.6 Å². The highest BCUT2D eigenvalue weighted by molar-refractivity contribution is 7.09. The lowest BCUT2D eigenvalue weighted by Crippen LogP contribution is -2.28. The van der Waals surface area contributed by atoms with E-state index in [-0.39, 0.29) is 11.9 Å². The van der Waals surface area contributed by atoms with Gasteiger partial charge < -0.3 is 15.6 Å². The molecule has 0 aliphatic heterocycles. The van der Waals surface area contributed by atoms with E-state index in [9.17, 15) is 4.79 Å². The van der Waals surface area contributed by atoms with Crippen LogP contribution >= 0.6 is 11.3 Å². The van der Waals surface area contributed by atoms with Gasteiger partial charge in [-0.1, -0.05) is 12.1 Å². The fourth-order valence-corrected chi connectivity index (χ4v) is 3.33. The number of amides is 1.